The number of rotatable bonds is 5. The normalized spacial score (nSPS) is 10.8. The zero-order valence-corrected chi connectivity index (χ0v) is 12.0. The predicted molar refractivity (Wildman–Crippen MR) is 82.0 cm³/mol. The van der Waals surface area contributed by atoms with Crippen LogP contribution in [0.3, 0.4) is 0 Å². The molecule has 21 heavy (non-hydrogen) atoms. The quantitative estimate of drug-likeness (QED) is 0.854. The largest absolute Gasteiger partial charge is 0.478 e. The molecule has 1 aromatic carbocycles. The van der Waals surface area contributed by atoms with E-state index >= 15 is 0 Å². The molecule has 108 valence electrons. The Kier molecular flexibility index (Phi) is 4.66. The number of hydrogen-bond acceptors (Lipinski definition) is 4. The average Bonchev–Trinajstić information content (AvgIpc) is 2.48. The fourth-order valence-electron chi connectivity index (χ4n) is 1.82. The average molecular weight is 283 g/mol. The molecule has 0 saturated heterocycles. The van der Waals surface area contributed by atoms with Gasteiger partial charge in [-0.3, -0.25) is 0 Å². The van der Waals surface area contributed by atoms with E-state index in [1.54, 1.807) is 12.4 Å². The number of aromatic nitrogens is 2. The van der Waals surface area contributed by atoms with Crippen molar-refractivity contribution in [1.82, 2.24) is 9.97 Å². The molecule has 2 aromatic rings. The first-order chi connectivity index (χ1) is 10.0. The van der Waals surface area contributed by atoms with Gasteiger partial charge < -0.3 is 10.0 Å². The highest BCUT2D eigenvalue weighted by Crippen LogP contribution is 2.11. The summed E-state index contributed by atoms with van der Waals surface area (Å²) in [6.45, 7) is 2.77. The summed E-state index contributed by atoms with van der Waals surface area (Å²) in [5.41, 5.74) is 3.07. The van der Waals surface area contributed by atoms with E-state index in [2.05, 4.69) is 41.2 Å². The fraction of sp³-hybridized carbons (Fsp3) is 0.188. The van der Waals surface area contributed by atoms with E-state index in [1.165, 1.54) is 17.2 Å². The Morgan fingerprint density at radius 3 is 2.43 bits per heavy atom. The third-order valence-corrected chi connectivity index (χ3v) is 2.96. The molecule has 0 fully saturated rings. The smallest absolute Gasteiger partial charge is 0.328 e. The fourth-order valence-corrected chi connectivity index (χ4v) is 1.82. The third-order valence-electron chi connectivity index (χ3n) is 2.96. The van der Waals surface area contributed by atoms with Crippen molar-refractivity contribution in [3.05, 3.63) is 59.4 Å². The van der Waals surface area contributed by atoms with Crippen LogP contribution in [-0.4, -0.2) is 28.1 Å². The number of hydrogen-bond donors (Lipinski definition) is 1. The van der Waals surface area contributed by atoms with Gasteiger partial charge in [-0.05, 0) is 18.6 Å². The topological polar surface area (TPSA) is 66.3 Å². The van der Waals surface area contributed by atoms with E-state index in [0.717, 1.165) is 6.08 Å². The van der Waals surface area contributed by atoms with Crippen molar-refractivity contribution in [3.8, 4) is 0 Å². The van der Waals surface area contributed by atoms with Crippen molar-refractivity contribution in [2.24, 2.45) is 0 Å². The van der Waals surface area contributed by atoms with Gasteiger partial charge in [0.25, 0.3) is 0 Å². The van der Waals surface area contributed by atoms with Gasteiger partial charge in [-0.1, -0.05) is 29.8 Å². The lowest BCUT2D eigenvalue weighted by Gasteiger charge is -2.17. The van der Waals surface area contributed by atoms with Crippen molar-refractivity contribution >= 4 is 18.0 Å². The zero-order valence-electron chi connectivity index (χ0n) is 12.0. The van der Waals surface area contributed by atoms with Gasteiger partial charge in [-0.15, -0.1) is 0 Å². The summed E-state index contributed by atoms with van der Waals surface area (Å²) in [7, 11) is 1.92. The SMILES string of the molecule is Cc1ccc(CN(C)c2ncc(/C=C/C(=O)O)cn2)cc1. The van der Waals surface area contributed by atoms with Crippen LogP contribution in [0.1, 0.15) is 16.7 Å². The molecular weight excluding hydrogens is 266 g/mol. The number of benzene rings is 1. The summed E-state index contributed by atoms with van der Waals surface area (Å²) in [5.74, 6) is -0.390. The summed E-state index contributed by atoms with van der Waals surface area (Å²) in [4.78, 5) is 20.9. The molecule has 1 N–H and O–H groups in total. The van der Waals surface area contributed by atoms with Crippen LogP contribution in [0.25, 0.3) is 6.08 Å². The van der Waals surface area contributed by atoms with E-state index in [-0.39, 0.29) is 0 Å². The Bertz CT molecular complexity index is 634. The number of carboxylic acids is 1. The Morgan fingerprint density at radius 2 is 1.86 bits per heavy atom. The number of carbonyl (C=O) groups is 1. The van der Waals surface area contributed by atoms with Crippen LogP contribution in [0.2, 0.25) is 0 Å². The van der Waals surface area contributed by atoms with E-state index < -0.39 is 5.97 Å². The van der Waals surface area contributed by atoms with Crippen LogP contribution in [0.15, 0.2) is 42.7 Å². The van der Waals surface area contributed by atoms with Crippen molar-refractivity contribution in [3.63, 3.8) is 0 Å². The highest BCUT2D eigenvalue weighted by atomic mass is 16.4. The molecule has 0 saturated carbocycles. The van der Waals surface area contributed by atoms with E-state index in [4.69, 9.17) is 5.11 Å². The standard InChI is InChI=1S/C16H17N3O2/c1-12-3-5-13(6-4-12)11-19(2)16-17-9-14(10-18-16)7-8-15(20)21/h3-10H,11H2,1-2H3,(H,20,21)/b8-7+. The second-order valence-electron chi connectivity index (χ2n) is 4.83. The lowest BCUT2D eigenvalue weighted by atomic mass is 10.1. The molecule has 0 spiro atoms. The van der Waals surface area contributed by atoms with Crippen LogP contribution < -0.4 is 4.90 Å². The highest BCUT2D eigenvalue weighted by Gasteiger charge is 2.05. The number of anilines is 1. The lowest BCUT2D eigenvalue weighted by molar-refractivity contribution is -0.131. The molecule has 0 atom stereocenters. The molecule has 2 rings (SSSR count). The van der Waals surface area contributed by atoms with Crippen LogP contribution in [0.4, 0.5) is 5.95 Å². The number of nitrogens with zero attached hydrogens (tertiary/aromatic N) is 3. The monoisotopic (exact) mass is 283 g/mol. The van der Waals surface area contributed by atoms with Crippen LogP contribution in [-0.2, 0) is 11.3 Å². The minimum absolute atomic E-state index is 0.600. The Morgan fingerprint density at radius 1 is 1.24 bits per heavy atom. The van der Waals surface area contributed by atoms with Gasteiger partial charge >= 0.3 is 5.97 Å². The van der Waals surface area contributed by atoms with Crippen LogP contribution >= 0.6 is 0 Å². The third kappa shape index (κ3) is 4.42. The first-order valence-electron chi connectivity index (χ1n) is 6.54. The molecule has 5 heteroatoms. The molecule has 1 heterocycles. The van der Waals surface area contributed by atoms with E-state index in [1.807, 2.05) is 11.9 Å². The summed E-state index contributed by atoms with van der Waals surface area (Å²) >= 11 is 0. The van der Waals surface area contributed by atoms with E-state index in [9.17, 15) is 4.79 Å². The first kappa shape index (κ1) is 14.7. The predicted octanol–water partition coefficient (Wildman–Crippen LogP) is 2.52. The molecule has 5 nitrogen and oxygen atoms in total. The molecular formula is C16H17N3O2. The van der Waals surface area contributed by atoms with Gasteiger partial charge in [0.1, 0.15) is 0 Å². The molecule has 0 radical (unpaired) electrons. The number of carboxylic acid groups (broad SMARTS) is 1. The van der Waals surface area contributed by atoms with Crippen molar-refractivity contribution in [2.75, 3.05) is 11.9 Å². The van der Waals surface area contributed by atoms with Crippen LogP contribution in [0.5, 0.6) is 0 Å². The van der Waals surface area contributed by atoms with Gasteiger partial charge in [0.05, 0.1) is 0 Å². The zero-order chi connectivity index (χ0) is 15.2. The first-order valence-corrected chi connectivity index (χ1v) is 6.54. The molecule has 0 aliphatic heterocycles. The van der Waals surface area contributed by atoms with Crippen molar-refractivity contribution in [1.29, 1.82) is 0 Å². The molecule has 0 aliphatic carbocycles. The molecule has 0 bridgehead atoms. The number of aryl methyl sites for hydroxylation is 1. The number of aliphatic carboxylic acids is 1. The molecule has 0 aliphatic rings. The molecule has 1 aromatic heterocycles. The molecule has 0 unspecified atom stereocenters. The minimum atomic E-state index is -0.990. The van der Waals surface area contributed by atoms with E-state index in [0.29, 0.717) is 18.1 Å². The van der Waals surface area contributed by atoms with Gasteiger partial charge in [-0.25, -0.2) is 14.8 Å². The van der Waals surface area contributed by atoms with Gasteiger partial charge in [-0.2, -0.15) is 0 Å². The summed E-state index contributed by atoms with van der Waals surface area (Å²) in [6.07, 6.45) is 5.74. The Hall–Kier alpha value is -2.69. The minimum Gasteiger partial charge on any atom is -0.478 e. The van der Waals surface area contributed by atoms with Gasteiger partial charge in [0.2, 0.25) is 5.95 Å². The van der Waals surface area contributed by atoms with Crippen molar-refractivity contribution < 1.29 is 9.90 Å². The Labute approximate surface area is 123 Å². The summed E-state index contributed by atoms with van der Waals surface area (Å²) in [5, 5.41) is 8.57. The second-order valence-corrected chi connectivity index (χ2v) is 4.83. The lowest BCUT2D eigenvalue weighted by Crippen LogP contribution is -2.18. The maximum atomic E-state index is 10.4. The molecule has 0 amide bonds. The Balaban J connectivity index is 2.04. The summed E-state index contributed by atoms with van der Waals surface area (Å²) < 4.78 is 0. The van der Waals surface area contributed by atoms with Crippen LogP contribution in [0, 0.1) is 6.92 Å². The second kappa shape index (κ2) is 6.65. The van der Waals surface area contributed by atoms with Gasteiger partial charge in [0, 0.05) is 37.6 Å². The maximum Gasteiger partial charge on any atom is 0.328 e. The highest BCUT2D eigenvalue weighted by molar-refractivity contribution is 5.85. The van der Waals surface area contributed by atoms with Crippen molar-refractivity contribution in [2.45, 2.75) is 13.5 Å². The maximum absolute atomic E-state index is 10.4. The summed E-state index contributed by atoms with van der Waals surface area (Å²) in [6, 6.07) is 8.30. The van der Waals surface area contributed by atoms with Gasteiger partial charge in [0.15, 0.2) is 0 Å².